The van der Waals surface area contributed by atoms with Crippen LogP contribution in [-0.2, 0) is 19.9 Å². The lowest BCUT2D eigenvalue weighted by atomic mass is 9.74. The number of sulfonamides is 1. The third-order valence-corrected chi connectivity index (χ3v) is 13.9. The molecule has 1 heterocycles. The molecule has 0 spiro atoms. The zero-order valence-corrected chi connectivity index (χ0v) is 25.3. The highest BCUT2D eigenvalue weighted by atomic mass is 35.5. The summed E-state index contributed by atoms with van der Waals surface area (Å²) in [6, 6.07) is 14.3. The molecule has 2 aromatic carbocycles. The molecule has 0 radical (unpaired) electrons. The molecule has 5 nitrogen and oxygen atoms in total. The number of fused-ring (bicyclic) bond motifs is 1. The number of rotatable bonds is 5. The fraction of sp³-hybridized carbons (Fsp3) is 0.407. The molecule has 0 N–H and O–H groups in total. The molecule has 194 valence electrons. The molecule has 1 aliphatic heterocycles. The van der Waals surface area contributed by atoms with E-state index in [2.05, 4.69) is 19.6 Å². The fourth-order valence-corrected chi connectivity index (χ4v) is 10.5. The van der Waals surface area contributed by atoms with Gasteiger partial charge in [-0.2, -0.15) is 4.31 Å². The van der Waals surface area contributed by atoms with E-state index in [9.17, 15) is 16.8 Å². The summed E-state index contributed by atoms with van der Waals surface area (Å²) in [6.45, 7) is 13.6. The van der Waals surface area contributed by atoms with Gasteiger partial charge in [0.1, 0.15) is 0 Å². The molecule has 36 heavy (non-hydrogen) atoms. The van der Waals surface area contributed by atoms with E-state index in [1.54, 1.807) is 45.0 Å². The Morgan fingerprint density at radius 3 is 1.94 bits per heavy atom. The lowest BCUT2D eigenvalue weighted by molar-refractivity contribution is 0.443. The van der Waals surface area contributed by atoms with Crippen LogP contribution in [0.1, 0.15) is 37.8 Å². The molecule has 4 rings (SSSR count). The van der Waals surface area contributed by atoms with Crippen molar-refractivity contribution in [2.45, 2.75) is 62.9 Å². The van der Waals surface area contributed by atoms with Gasteiger partial charge in [0.05, 0.1) is 29.2 Å². The Kier molecular flexibility index (Phi) is 6.79. The minimum Gasteiger partial charge on any atom is -0.223 e. The average molecular weight is 564 g/mol. The van der Waals surface area contributed by atoms with E-state index in [-0.39, 0.29) is 28.8 Å². The zero-order chi connectivity index (χ0) is 26.8. The second kappa shape index (κ2) is 8.94. The number of aryl methyl sites for hydroxylation is 1. The first kappa shape index (κ1) is 27.3. The van der Waals surface area contributed by atoms with E-state index in [1.807, 2.05) is 31.2 Å². The Labute approximate surface area is 221 Å². The zero-order valence-electron chi connectivity index (χ0n) is 21.9. The van der Waals surface area contributed by atoms with Gasteiger partial charge in [0, 0.05) is 17.5 Å². The van der Waals surface area contributed by atoms with Gasteiger partial charge in [-0.1, -0.05) is 66.3 Å². The minimum atomic E-state index is -3.90. The van der Waals surface area contributed by atoms with Crippen LogP contribution in [0.3, 0.4) is 0 Å². The molecule has 1 unspecified atom stereocenters. The highest BCUT2D eigenvalue weighted by Gasteiger charge is 2.51. The lowest BCUT2D eigenvalue weighted by Crippen LogP contribution is -2.49. The highest BCUT2D eigenvalue weighted by Crippen LogP contribution is 2.56. The lowest BCUT2D eigenvalue weighted by Gasteiger charge is -2.49. The van der Waals surface area contributed by atoms with Crippen molar-refractivity contribution >= 4 is 39.5 Å². The van der Waals surface area contributed by atoms with Gasteiger partial charge in [0.2, 0.25) is 10.0 Å². The molecule has 0 amide bonds. The molecule has 2 aliphatic rings. The standard InChI is InChI=1S/C27H34ClNO4S2Si/c1-18-8-14-21(15-9-18)35(32,33)29-16-22-25(23(17-29)34(30,31)27(2,3)4)24(26(22)36(5,6)7)19-10-12-20(28)13-11-19/h8-15,24H,16-17H2,1-7H3. The number of allylic oxidation sites excluding steroid dienone is 1. The highest BCUT2D eigenvalue weighted by molar-refractivity contribution is 7.96. The summed E-state index contributed by atoms with van der Waals surface area (Å²) < 4.78 is 55.6. The Balaban J connectivity index is 1.97. The summed E-state index contributed by atoms with van der Waals surface area (Å²) >= 11 is 6.16. The molecular weight excluding hydrogens is 530 g/mol. The van der Waals surface area contributed by atoms with Crippen molar-refractivity contribution in [3.8, 4) is 0 Å². The minimum absolute atomic E-state index is 0.166. The third-order valence-electron chi connectivity index (χ3n) is 6.98. The predicted molar refractivity (Wildman–Crippen MR) is 150 cm³/mol. The van der Waals surface area contributed by atoms with Gasteiger partial charge < -0.3 is 0 Å². The molecular formula is C27H34ClNO4S2Si. The topological polar surface area (TPSA) is 71.5 Å². The SMILES string of the molecule is Cc1ccc(S(=O)(=O)N2CC3=C([Si](C)(C)C)C(c4ccc(Cl)cc4)C3=C(S(=O)(=O)C(C)(C)C)C2)cc1. The molecule has 1 atom stereocenters. The molecule has 1 aliphatic carbocycles. The second-order valence-corrected chi connectivity index (χ2v) is 21.8. The van der Waals surface area contributed by atoms with E-state index in [0.717, 1.165) is 22.3 Å². The molecule has 0 bridgehead atoms. The Morgan fingerprint density at radius 1 is 0.889 bits per heavy atom. The smallest absolute Gasteiger partial charge is 0.223 e. The van der Waals surface area contributed by atoms with Crippen LogP contribution in [0.15, 0.2) is 74.7 Å². The van der Waals surface area contributed by atoms with Gasteiger partial charge in [0.15, 0.2) is 9.84 Å². The van der Waals surface area contributed by atoms with Crippen molar-refractivity contribution in [1.29, 1.82) is 0 Å². The van der Waals surface area contributed by atoms with Crippen LogP contribution >= 0.6 is 11.6 Å². The molecule has 0 aromatic heterocycles. The molecule has 0 fully saturated rings. The number of hydrogen-bond acceptors (Lipinski definition) is 4. The largest absolute Gasteiger partial charge is 0.243 e. The van der Waals surface area contributed by atoms with Crippen molar-refractivity contribution in [1.82, 2.24) is 4.31 Å². The van der Waals surface area contributed by atoms with Gasteiger partial charge in [0.25, 0.3) is 0 Å². The van der Waals surface area contributed by atoms with Crippen LogP contribution in [0.25, 0.3) is 0 Å². The van der Waals surface area contributed by atoms with Crippen LogP contribution in [0.2, 0.25) is 24.7 Å². The molecule has 2 aromatic rings. The van der Waals surface area contributed by atoms with Crippen LogP contribution in [0, 0.1) is 6.92 Å². The summed E-state index contributed by atoms with van der Waals surface area (Å²) in [5.74, 6) is -0.166. The predicted octanol–water partition coefficient (Wildman–Crippen LogP) is 6.09. The third kappa shape index (κ3) is 4.56. The number of nitrogens with zero attached hydrogens (tertiary/aromatic N) is 1. The molecule has 0 saturated carbocycles. The number of hydrogen-bond donors (Lipinski definition) is 0. The van der Waals surface area contributed by atoms with E-state index in [4.69, 9.17) is 11.6 Å². The average Bonchev–Trinajstić information content (AvgIpc) is 2.73. The van der Waals surface area contributed by atoms with E-state index < -0.39 is 32.7 Å². The van der Waals surface area contributed by atoms with Crippen LogP contribution < -0.4 is 0 Å². The second-order valence-electron chi connectivity index (χ2n) is 11.7. The summed E-state index contributed by atoms with van der Waals surface area (Å²) in [4.78, 5) is 0.390. The summed E-state index contributed by atoms with van der Waals surface area (Å²) in [5, 5.41) is 1.82. The van der Waals surface area contributed by atoms with Gasteiger partial charge in [-0.15, -0.1) is 0 Å². The Bertz CT molecular complexity index is 1480. The van der Waals surface area contributed by atoms with Gasteiger partial charge >= 0.3 is 0 Å². The summed E-state index contributed by atoms with van der Waals surface area (Å²) in [7, 11) is -9.66. The molecule has 9 heteroatoms. The number of benzene rings is 2. The van der Waals surface area contributed by atoms with Crippen LogP contribution in [-0.4, -0.2) is 47.1 Å². The number of sulfone groups is 1. The van der Waals surface area contributed by atoms with Crippen molar-refractivity contribution in [2.24, 2.45) is 0 Å². The van der Waals surface area contributed by atoms with Gasteiger partial charge in [-0.25, -0.2) is 16.8 Å². The van der Waals surface area contributed by atoms with Crippen molar-refractivity contribution in [2.75, 3.05) is 13.1 Å². The van der Waals surface area contributed by atoms with Crippen molar-refractivity contribution in [3.63, 3.8) is 0 Å². The maximum atomic E-state index is 13.9. The first-order valence-corrected chi connectivity index (χ1v) is 18.8. The van der Waals surface area contributed by atoms with E-state index >= 15 is 0 Å². The van der Waals surface area contributed by atoms with Crippen molar-refractivity contribution in [3.05, 3.63) is 85.9 Å². The maximum Gasteiger partial charge on any atom is 0.243 e. The Morgan fingerprint density at radius 2 is 1.44 bits per heavy atom. The van der Waals surface area contributed by atoms with E-state index in [1.165, 1.54) is 9.50 Å². The number of halogens is 1. The summed E-state index contributed by atoms with van der Waals surface area (Å²) in [5.41, 5.74) is 3.60. The maximum absolute atomic E-state index is 13.9. The van der Waals surface area contributed by atoms with Crippen molar-refractivity contribution < 1.29 is 16.8 Å². The summed E-state index contributed by atoms with van der Waals surface area (Å²) in [6.07, 6.45) is 0. The fourth-order valence-electron chi connectivity index (χ4n) is 5.04. The van der Waals surface area contributed by atoms with E-state index in [0.29, 0.717) is 5.02 Å². The van der Waals surface area contributed by atoms with Gasteiger partial charge in [-0.3, -0.25) is 0 Å². The van der Waals surface area contributed by atoms with Crippen LogP contribution in [0.4, 0.5) is 0 Å². The van der Waals surface area contributed by atoms with Gasteiger partial charge in [-0.05, 0) is 68.7 Å². The first-order chi connectivity index (χ1) is 16.5. The Hall–Kier alpha value is -1.71. The molecule has 0 saturated heterocycles. The van der Waals surface area contributed by atoms with Crippen LogP contribution in [0.5, 0.6) is 0 Å². The first-order valence-electron chi connectivity index (χ1n) is 12.0. The normalized spacial score (nSPS) is 19.8. The monoisotopic (exact) mass is 563 g/mol. The quantitative estimate of drug-likeness (QED) is 0.413.